The summed E-state index contributed by atoms with van der Waals surface area (Å²) in [5.41, 5.74) is 4.66. The monoisotopic (exact) mass is 529 g/mol. The van der Waals surface area contributed by atoms with Gasteiger partial charge in [0.25, 0.3) is 11.5 Å². The molecule has 1 aromatic heterocycles. The number of hydrogen-bond donors (Lipinski definition) is 2. The summed E-state index contributed by atoms with van der Waals surface area (Å²) < 4.78 is 1.22. The Balaban J connectivity index is 1.38. The topological polar surface area (TPSA) is 134 Å². The molecule has 0 atom stereocenters. The van der Waals surface area contributed by atoms with Crippen LogP contribution in [0.5, 0.6) is 5.75 Å². The minimum atomic E-state index is -0.430. The van der Waals surface area contributed by atoms with E-state index in [0.29, 0.717) is 39.1 Å². The third-order valence-corrected chi connectivity index (χ3v) is 5.84. The highest BCUT2D eigenvalue weighted by molar-refractivity contribution is 5.99. The molecule has 5 rings (SSSR count). The number of para-hydroxylation sites is 2. The van der Waals surface area contributed by atoms with Crippen LogP contribution in [0.2, 0.25) is 0 Å². The number of amidine groups is 1. The highest BCUT2D eigenvalue weighted by Gasteiger charge is 2.10. The van der Waals surface area contributed by atoms with E-state index in [9.17, 15) is 14.7 Å². The minimum absolute atomic E-state index is 0.0607. The lowest BCUT2D eigenvalue weighted by atomic mass is 10.2. The lowest BCUT2D eigenvalue weighted by Gasteiger charge is -2.07. The first-order valence-electron chi connectivity index (χ1n) is 12.3. The molecular formula is C30H23N7O3. The largest absolute Gasteiger partial charge is 0.507 e. The number of phenols is 1. The zero-order chi connectivity index (χ0) is 27.9. The molecule has 0 aliphatic rings. The van der Waals surface area contributed by atoms with Crippen molar-refractivity contribution in [2.45, 2.75) is 6.92 Å². The Morgan fingerprint density at radius 2 is 1.57 bits per heavy atom. The molecule has 0 saturated heterocycles. The van der Waals surface area contributed by atoms with Gasteiger partial charge in [0.2, 0.25) is 5.84 Å². The van der Waals surface area contributed by atoms with E-state index in [1.54, 1.807) is 67.6 Å². The summed E-state index contributed by atoms with van der Waals surface area (Å²) in [5, 5.41) is 27.2. The number of aryl methyl sites for hydroxylation is 1. The highest BCUT2D eigenvalue weighted by atomic mass is 16.3. The molecule has 10 heteroatoms. The number of carbonyl (C=O) groups is 1. The van der Waals surface area contributed by atoms with Gasteiger partial charge in [-0.05, 0) is 55.5 Å². The van der Waals surface area contributed by atoms with Gasteiger partial charge in [-0.2, -0.15) is 9.78 Å². The van der Waals surface area contributed by atoms with Crippen molar-refractivity contribution >= 4 is 34.5 Å². The van der Waals surface area contributed by atoms with Gasteiger partial charge in [0.05, 0.1) is 22.8 Å². The molecule has 1 amide bonds. The van der Waals surface area contributed by atoms with Crippen molar-refractivity contribution < 1.29 is 9.90 Å². The first-order chi connectivity index (χ1) is 19.5. The summed E-state index contributed by atoms with van der Waals surface area (Å²) in [6.07, 6.45) is 1.36. The summed E-state index contributed by atoms with van der Waals surface area (Å²) in [7, 11) is 0. The van der Waals surface area contributed by atoms with Gasteiger partial charge in [0.1, 0.15) is 11.6 Å². The smallest absolute Gasteiger partial charge is 0.282 e. The zero-order valence-corrected chi connectivity index (χ0v) is 21.3. The Labute approximate surface area is 228 Å². The third-order valence-electron chi connectivity index (χ3n) is 5.84. The van der Waals surface area contributed by atoms with E-state index < -0.39 is 5.91 Å². The quantitative estimate of drug-likeness (QED) is 0.136. The van der Waals surface area contributed by atoms with Crippen molar-refractivity contribution in [1.82, 2.24) is 15.1 Å². The Bertz CT molecular complexity index is 1830. The second-order valence-electron chi connectivity index (χ2n) is 8.59. The molecule has 40 heavy (non-hydrogen) atoms. The zero-order valence-electron chi connectivity index (χ0n) is 21.3. The number of phenolic OH excluding ortho intramolecular Hbond substituents is 1. The fourth-order valence-electron chi connectivity index (χ4n) is 3.78. The van der Waals surface area contributed by atoms with Crippen molar-refractivity contribution in [3.8, 4) is 5.75 Å². The molecule has 0 radical (unpaired) electrons. The van der Waals surface area contributed by atoms with Gasteiger partial charge in [-0.3, -0.25) is 9.59 Å². The van der Waals surface area contributed by atoms with Crippen LogP contribution < -0.4 is 11.0 Å². The van der Waals surface area contributed by atoms with Gasteiger partial charge < -0.3 is 5.11 Å². The minimum Gasteiger partial charge on any atom is -0.507 e. The van der Waals surface area contributed by atoms with Crippen LogP contribution in [-0.2, 0) is 0 Å². The number of carbonyl (C=O) groups excluding carboxylic acids is 1. The lowest BCUT2D eigenvalue weighted by molar-refractivity contribution is 0.0955. The second kappa shape index (κ2) is 11.7. The molecule has 2 N–H and O–H groups in total. The number of rotatable bonds is 6. The SMILES string of the molecule is Cc1nc2ccccc2c(=O)n1/N=C(/N=Nc1ccc(C(=O)N/N=C/c2ccccc2O)cc1)c1ccccc1. The van der Waals surface area contributed by atoms with Gasteiger partial charge in [-0.1, -0.05) is 54.6 Å². The summed E-state index contributed by atoms with van der Waals surface area (Å²) in [4.78, 5) is 30.1. The Kier molecular flexibility index (Phi) is 7.59. The fourth-order valence-corrected chi connectivity index (χ4v) is 3.78. The molecule has 0 fully saturated rings. The van der Waals surface area contributed by atoms with E-state index >= 15 is 0 Å². The lowest BCUT2D eigenvalue weighted by Crippen LogP contribution is -2.22. The molecule has 10 nitrogen and oxygen atoms in total. The van der Waals surface area contributed by atoms with E-state index in [1.807, 2.05) is 36.4 Å². The van der Waals surface area contributed by atoms with Crippen LogP contribution in [0, 0.1) is 6.92 Å². The summed E-state index contributed by atoms with van der Waals surface area (Å²) >= 11 is 0. The number of amides is 1. The average Bonchev–Trinajstić information content (AvgIpc) is 2.98. The molecule has 0 spiro atoms. The number of benzene rings is 4. The third kappa shape index (κ3) is 5.86. The Hall–Kier alpha value is -5.77. The number of azo groups is 1. The second-order valence-corrected chi connectivity index (χ2v) is 8.59. The van der Waals surface area contributed by atoms with Gasteiger partial charge in [-0.25, -0.2) is 10.4 Å². The van der Waals surface area contributed by atoms with Crippen LogP contribution in [0.15, 0.2) is 128 Å². The molecule has 1 heterocycles. The predicted octanol–water partition coefficient (Wildman–Crippen LogP) is 5.17. The average molecular weight is 530 g/mol. The van der Waals surface area contributed by atoms with Crippen LogP contribution in [0.4, 0.5) is 5.69 Å². The van der Waals surface area contributed by atoms with Crippen LogP contribution in [-0.4, -0.2) is 32.7 Å². The van der Waals surface area contributed by atoms with E-state index in [4.69, 9.17) is 0 Å². The van der Waals surface area contributed by atoms with Gasteiger partial charge in [0.15, 0.2) is 0 Å². The standard InChI is InChI=1S/C30H23N7O3/c1-20-32-26-13-7-6-12-25(26)30(40)37(20)36-28(21-9-3-2-4-10-21)34-33-24-17-15-22(16-18-24)29(39)35-31-19-23-11-5-8-14-27(23)38/h2-19,38H,1H3,(H,35,39)/b31-19+,34-33?,36-28+. The van der Waals surface area contributed by atoms with Crippen LogP contribution in [0.25, 0.3) is 10.9 Å². The number of aromatic hydroxyl groups is 1. The fraction of sp³-hybridized carbons (Fsp3) is 0.0333. The Morgan fingerprint density at radius 3 is 2.35 bits per heavy atom. The number of fused-ring (bicyclic) bond motifs is 1. The summed E-state index contributed by atoms with van der Waals surface area (Å²) in [6, 6.07) is 29.3. The molecular weight excluding hydrogens is 506 g/mol. The number of hydrogen-bond acceptors (Lipinski definition) is 7. The maximum absolute atomic E-state index is 13.1. The van der Waals surface area contributed by atoms with E-state index in [0.717, 1.165) is 0 Å². The normalized spacial score (nSPS) is 11.9. The molecule has 0 bridgehead atoms. The van der Waals surface area contributed by atoms with Crippen LogP contribution >= 0.6 is 0 Å². The number of aromatic nitrogens is 2. The number of nitrogens with zero attached hydrogens (tertiary/aromatic N) is 6. The van der Waals surface area contributed by atoms with Crippen molar-refractivity contribution in [2.75, 3.05) is 0 Å². The van der Waals surface area contributed by atoms with Crippen molar-refractivity contribution in [1.29, 1.82) is 0 Å². The first kappa shape index (κ1) is 25.9. The number of nitrogens with one attached hydrogen (secondary N) is 1. The molecule has 4 aromatic carbocycles. The molecule has 5 aromatic rings. The number of hydrazone groups is 1. The molecule has 196 valence electrons. The summed E-state index contributed by atoms with van der Waals surface area (Å²) in [5.74, 6) is 0.252. The van der Waals surface area contributed by atoms with Crippen LogP contribution in [0.1, 0.15) is 27.3 Å². The molecule has 0 aliphatic heterocycles. The van der Waals surface area contributed by atoms with E-state index in [1.165, 1.54) is 17.0 Å². The molecule has 0 aliphatic carbocycles. The first-order valence-corrected chi connectivity index (χ1v) is 12.3. The van der Waals surface area contributed by atoms with Crippen LogP contribution in [0.3, 0.4) is 0 Å². The van der Waals surface area contributed by atoms with E-state index in [2.05, 4.69) is 30.8 Å². The van der Waals surface area contributed by atoms with Gasteiger partial charge in [0, 0.05) is 16.7 Å². The maximum atomic E-state index is 13.1. The molecule has 0 saturated carbocycles. The predicted molar refractivity (Wildman–Crippen MR) is 153 cm³/mol. The maximum Gasteiger partial charge on any atom is 0.282 e. The van der Waals surface area contributed by atoms with Gasteiger partial charge in [-0.15, -0.1) is 15.3 Å². The van der Waals surface area contributed by atoms with Crippen molar-refractivity contribution in [2.24, 2.45) is 20.4 Å². The van der Waals surface area contributed by atoms with Crippen molar-refractivity contribution in [3.63, 3.8) is 0 Å². The highest BCUT2D eigenvalue weighted by Crippen LogP contribution is 2.16. The van der Waals surface area contributed by atoms with Crippen molar-refractivity contribution in [3.05, 3.63) is 136 Å². The molecule has 0 unspecified atom stereocenters. The van der Waals surface area contributed by atoms with E-state index in [-0.39, 0.29) is 17.1 Å². The summed E-state index contributed by atoms with van der Waals surface area (Å²) in [6.45, 7) is 1.70. The Morgan fingerprint density at radius 1 is 0.875 bits per heavy atom. The van der Waals surface area contributed by atoms with Gasteiger partial charge >= 0.3 is 0 Å².